The average molecular weight is 251 g/mol. The van der Waals surface area contributed by atoms with Crippen LogP contribution in [0.2, 0.25) is 0 Å². The molecule has 1 fully saturated rings. The Morgan fingerprint density at radius 3 is 2.83 bits per heavy atom. The maximum atomic E-state index is 12.0. The topological polar surface area (TPSA) is 67.2 Å². The van der Waals surface area contributed by atoms with E-state index in [1.807, 2.05) is 6.92 Å². The van der Waals surface area contributed by atoms with Crippen molar-refractivity contribution >= 4 is 5.91 Å². The first-order chi connectivity index (χ1) is 8.63. The molecule has 0 aromatic carbocycles. The van der Waals surface area contributed by atoms with E-state index in [1.54, 1.807) is 17.1 Å². The number of aromatic nitrogens is 2. The van der Waals surface area contributed by atoms with Gasteiger partial charge in [-0.1, -0.05) is 6.92 Å². The zero-order valence-corrected chi connectivity index (χ0v) is 11.0. The summed E-state index contributed by atoms with van der Waals surface area (Å²) >= 11 is 0. The van der Waals surface area contributed by atoms with Gasteiger partial charge in [-0.15, -0.1) is 0 Å². The Balaban J connectivity index is 1.92. The van der Waals surface area contributed by atoms with Gasteiger partial charge in [0.25, 0.3) is 5.91 Å². The highest BCUT2D eigenvalue weighted by atomic mass is 16.3. The lowest BCUT2D eigenvalue weighted by Crippen LogP contribution is -2.46. The molecule has 0 spiro atoms. The van der Waals surface area contributed by atoms with E-state index in [1.165, 1.54) is 0 Å². The molecule has 1 aromatic heterocycles. The smallest absolute Gasteiger partial charge is 0.254 e. The van der Waals surface area contributed by atoms with Gasteiger partial charge in [0.2, 0.25) is 0 Å². The number of carbonyl (C=O) groups excluding carboxylic acids is 1. The molecular formula is C13H21N3O2. The Bertz CT molecular complexity index is 410. The minimum atomic E-state index is -0.177. The molecule has 1 heterocycles. The first-order valence-electron chi connectivity index (χ1n) is 6.65. The van der Waals surface area contributed by atoms with Crippen LogP contribution in [-0.4, -0.2) is 32.9 Å². The van der Waals surface area contributed by atoms with E-state index in [-0.39, 0.29) is 18.1 Å². The molecule has 5 nitrogen and oxygen atoms in total. The zero-order chi connectivity index (χ0) is 13.1. The second-order valence-corrected chi connectivity index (χ2v) is 4.96. The van der Waals surface area contributed by atoms with Gasteiger partial charge in [0.15, 0.2) is 0 Å². The van der Waals surface area contributed by atoms with Crippen LogP contribution in [0.3, 0.4) is 0 Å². The summed E-state index contributed by atoms with van der Waals surface area (Å²) in [6.45, 7) is 4.81. The maximum Gasteiger partial charge on any atom is 0.254 e. The van der Waals surface area contributed by atoms with Crippen LogP contribution in [0.15, 0.2) is 12.4 Å². The second kappa shape index (κ2) is 5.52. The number of rotatable bonds is 5. The first kappa shape index (κ1) is 13.1. The molecule has 1 amide bonds. The van der Waals surface area contributed by atoms with Gasteiger partial charge in [0.1, 0.15) is 0 Å². The summed E-state index contributed by atoms with van der Waals surface area (Å²) in [5.74, 6) is 0.345. The highest BCUT2D eigenvalue weighted by molar-refractivity contribution is 5.93. The van der Waals surface area contributed by atoms with E-state index in [4.69, 9.17) is 0 Å². The number of nitrogens with zero attached hydrogens (tertiary/aromatic N) is 2. The molecule has 0 bridgehead atoms. The largest absolute Gasteiger partial charge is 0.393 e. The van der Waals surface area contributed by atoms with Gasteiger partial charge in [-0.2, -0.15) is 5.10 Å². The van der Waals surface area contributed by atoms with Gasteiger partial charge < -0.3 is 10.4 Å². The van der Waals surface area contributed by atoms with Crippen molar-refractivity contribution in [3.05, 3.63) is 18.0 Å². The Hall–Kier alpha value is -1.36. The quantitative estimate of drug-likeness (QED) is 0.826. The Kier molecular flexibility index (Phi) is 4.01. The number of carbonyl (C=O) groups is 1. The summed E-state index contributed by atoms with van der Waals surface area (Å²) in [6, 6.07) is 0.158. The molecule has 1 saturated carbocycles. The fourth-order valence-corrected chi connectivity index (χ4v) is 2.42. The molecular weight excluding hydrogens is 230 g/mol. The van der Waals surface area contributed by atoms with Crippen molar-refractivity contribution in [3.63, 3.8) is 0 Å². The van der Waals surface area contributed by atoms with Crippen molar-refractivity contribution in [2.45, 2.75) is 51.8 Å². The normalized spacial score (nSPS) is 24.4. The van der Waals surface area contributed by atoms with Gasteiger partial charge in [-0.05, 0) is 32.1 Å². The van der Waals surface area contributed by atoms with Crippen molar-refractivity contribution in [1.29, 1.82) is 0 Å². The van der Waals surface area contributed by atoms with E-state index >= 15 is 0 Å². The SMILES string of the molecule is CCC(NC(=O)c1cnn(CC)c1)C1CC(O)C1. The summed E-state index contributed by atoms with van der Waals surface area (Å²) in [4.78, 5) is 12.0. The summed E-state index contributed by atoms with van der Waals surface area (Å²) in [7, 11) is 0. The number of aliphatic hydroxyl groups is 1. The predicted octanol–water partition coefficient (Wildman–Crippen LogP) is 1.18. The van der Waals surface area contributed by atoms with E-state index in [2.05, 4.69) is 17.3 Å². The lowest BCUT2D eigenvalue weighted by Gasteiger charge is -2.37. The lowest BCUT2D eigenvalue weighted by atomic mass is 9.76. The molecule has 5 heteroatoms. The Morgan fingerprint density at radius 1 is 1.61 bits per heavy atom. The molecule has 2 rings (SSSR count). The molecule has 0 radical (unpaired) electrons. The van der Waals surface area contributed by atoms with Crippen molar-refractivity contribution in [2.75, 3.05) is 0 Å². The van der Waals surface area contributed by atoms with Crippen LogP contribution in [0.4, 0.5) is 0 Å². The molecule has 1 unspecified atom stereocenters. The minimum Gasteiger partial charge on any atom is -0.393 e. The van der Waals surface area contributed by atoms with Crippen LogP contribution in [0.1, 0.15) is 43.5 Å². The summed E-state index contributed by atoms with van der Waals surface area (Å²) in [6.07, 6.45) is 5.67. The monoisotopic (exact) mass is 251 g/mol. The van der Waals surface area contributed by atoms with Crippen molar-refractivity contribution in [2.24, 2.45) is 5.92 Å². The van der Waals surface area contributed by atoms with E-state index in [0.717, 1.165) is 25.8 Å². The molecule has 100 valence electrons. The lowest BCUT2D eigenvalue weighted by molar-refractivity contribution is 0.0232. The summed E-state index contributed by atoms with van der Waals surface area (Å²) in [5.41, 5.74) is 0.607. The number of hydrogen-bond donors (Lipinski definition) is 2. The maximum absolute atomic E-state index is 12.0. The van der Waals surface area contributed by atoms with Gasteiger partial charge in [0.05, 0.1) is 17.9 Å². The molecule has 1 aliphatic carbocycles. The third-order valence-corrected chi connectivity index (χ3v) is 3.69. The molecule has 0 aliphatic heterocycles. The number of aliphatic hydroxyl groups excluding tert-OH is 1. The Morgan fingerprint density at radius 2 is 2.33 bits per heavy atom. The summed E-state index contributed by atoms with van der Waals surface area (Å²) in [5, 5.41) is 16.5. The highest BCUT2D eigenvalue weighted by Crippen LogP contribution is 2.31. The molecule has 2 N–H and O–H groups in total. The van der Waals surface area contributed by atoms with Crippen LogP contribution in [0.5, 0.6) is 0 Å². The van der Waals surface area contributed by atoms with Crippen LogP contribution >= 0.6 is 0 Å². The molecule has 1 aliphatic rings. The molecule has 18 heavy (non-hydrogen) atoms. The van der Waals surface area contributed by atoms with Crippen molar-refractivity contribution in [3.8, 4) is 0 Å². The second-order valence-electron chi connectivity index (χ2n) is 4.96. The molecule has 1 aromatic rings. The van der Waals surface area contributed by atoms with Crippen LogP contribution in [-0.2, 0) is 6.54 Å². The van der Waals surface area contributed by atoms with Gasteiger partial charge in [0, 0.05) is 18.8 Å². The fourth-order valence-electron chi connectivity index (χ4n) is 2.42. The van der Waals surface area contributed by atoms with Gasteiger partial charge >= 0.3 is 0 Å². The van der Waals surface area contributed by atoms with Crippen LogP contribution in [0, 0.1) is 5.92 Å². The van der Waals surface area contributed by atoms with Gasteiger partial charge in [-0.25, -0.2) is 0 Å². The van der Waals surface area contributed by atoms with E-state index in [9.17, 15) is 9.90 Å². The highest BCUT2D eigenvalue weighted by Gasteiger charge is 2.33. The molecule has 0 saturated heterocycles. The molecule has 1 atom stereocenters. The first-order valence-corrected chi connectivity index (χ1v) is 6.65. The van der Waals surface area contributed by atoms with Crippen LogP contribution < -0.4 is 5.32 Å². The van der Waals surface area contributed by atoms with Gasteiger partial charge in [-0.3, -0.25) is 9.48 Å². The summed E-state index contributed by atoms with van der Waals surface area (Å²) < 4.78 is 1.74. The predicted molar refractivity (Wildman–Crippen MR) is 68.2 cm³/mol. The third-order valence-electron chi connectivity index (χ3n) is 3.69. The Labute approximate surface area is 107 Å². The van der Waals surface area contributed by atoms with Crippen molar-refractivity contribution < 1.29 is 9.90 Å². The average Bonchev–Trinajstić information content (AvgIpc) is 2.81. The number of nitrogens with one attached hydrogen (secondary N) is 1. The van der Waals surface area contributed by atoms with E-state index < -0.39 is 0 Å². The number of hydrogen-bond acceptors (Lipinski definition) is 3. The number of aryl methyl sites for hydroxylation is 1. The van der Waals surface area contributed by atoms with Crippen LogP contribution in [0.25, 0.3) is 0 Å². The zero-order valence-electron chi connectivity index (χ0n) is 11.0. The van der Waals surface area contributed by atoms with E-state index in [0.29, 0.717) is 11.5 Å². The third kappa shape index (κ3) is 2.72. The minimum absolute atomic E-state index is 0.0667. The standard InChI is InChI=1S/C13H21N3O2/c1-3-12(9-5-11(17)6-9)15-13(18)10-7-14-16(4-2)8-10/h7-9,11-12,17H,3-6H2,1-2H3,(H,15,18). The van der Waals surface area contributed by atoms with Crippen molar-refractivity contribution in [1.82, 2.24) is 15.1 Å². The number of amides is 1. The fraction of sp³-hybridized carbons (Fsp3) is 0.692.